The Morgan fingerprint density at radius 1 is 0.732 bits per heavy atom. The average Bonchev–Trinajstić information content (AvgIpc) is 3.57. The fourth-order valence-corrected chi connectivity index (χ4v) is 5.01. The molecule has 3 heterocycles. The van der Waals surface area contributed by atoms with Crippen LogP contribution in [0, 0.1) is 0 Å². The normalized spacial score (nSPS) is 20.5. The second kappa shape index (κ2) is 12.4. The van der Waals surface area contributed by atoms with Crippen LogP contribution < -0.4 is 11.2 Å². The van der Waals surface area contributed by atoms with Gasteiger partial charge in [0.1, 0.15) is 18.3 Å². The van der Waals surface area contributed by atoms with Gasteiger partial charge in [0.15, 0.2) is 11.7 Å². The molecule has 1 aliphatic rings. The summed E-state index contributed by atoms with van der Waals surface area (Å²) in [6.07, 6.45) is -1.13. The van der Waals surface area contributed by atoms with Gasteiger partial charge in [0.2, 0.25) is 0 Å². The molecule has 1 fully saturated rings. The standard InChI is InChI=1S/C31H30N4O6/c36-29-26-24(33-31(37)34-29)16-32-35(26)30-28(40-19-23-14-8-3-9-15-23)27(39-18-22-12-6-2-7-13-22)25(41-30)20-38-17-21-10-4-1-5-11-21/h1-16,25,27-28,30H,17-20H2,(H2,33,34,36,37)/t25-,27-,28+,30?/m1/s1. The van der Waals surface area contributed by atoms with Crippen molar-refractivity contribution >= 4 is 11.0 Å². The molecule has 10 nitrogen and oxygen atoms in total. The smallest absolute Gasteiger partial charge is 0.326 e. The highest BCUT2D eigenvalue weighted by molar-refractivity contribution is 5.72. The third kappa shape index (κ3) is 6.21. The number of aromatic nitrogens is 4. The predicted molar refractivity (Wildman–Crippen MR) is 151 cm³/mol. The third-order valence-corrected chi connectivity index (χ3v) is 6.98. The SMILES string of the molecule is O=c1[nH]c(=O)c2c(cnn2C2O[C@H](COCc3ccccc3)[C@@H](OCc3ccccc3)[C@@H]2OCc2ccccc2)[nH]1. The van der Waals surface area contributed by atoms with E-state index < -0.39 is 35.8 Å². The molecule has 1 saturated heterocycles. The van der Waals surface area contributed by atoms with Crippen LogP contribution in [0.3, 0.4) is 0 Å². The minimum atomic E-state index is -0.825. The van der Waals surface area contributed by atoms with Crippen molar-refractivity contribution in [2.75, 3.05) is 6.61 Å². The fourth-order valence-electron chi connectivity index (χ4n) is 5.01. The van der Waals surface area contributed by atoms with Crippen molar-refractivity contribution in [1.29, 1.82) is 0 Å². The molecule has 2 aromatic heterocycles. The molecule has 6 rings (SSSR count). The lowest BCUT2D eigenvalue weighted by molar-refractivity contribution is -0.0925. The van der Waals surface area contributed by atoms with Crippen LogP contribution in [0.25, 0.3) is 11.0 Å². The zero-order chi connectivity index (χ0) is 28.0. The first-order chi connectivity index (χ1) is 20.2. The number of ether oxygens (including phenoxy) is 4. The highest BCUT2D eigenvalue weighted by Crippen LogP contribution is 2.36. The van der Waals surface area contributed by atoms with Gasteiger partial charge in [-0.3, -0.25) is 9.78 Å². The van der Waals surface area contributed by atoms with E-state index in [2.05, 4.69) is 15.1 Å². The zero-order valence-electron chi connectivity index (χ0n) is 22.2. The van der Waals surface area contributed by atoms with Gasteiger partial charge in [-0.05, 0) is 16.7 Å². The van der Waals surface area contributed by atoms with Crippen molar-refractivity contribution in [2.45, 2.75) is 44.4 Å². The molecular weight excluding hydrogens is 524 g/mol. The second-order valence-corrected chi connectivity index (χ2v) is 9.85. The zero-order valence-corrected chi connectivity index (χ0v) is 22.2. The maximum Gasteiger partial charge on any atom is 0.326 e. The summed E-state index contributed by atoms with van der Waals surface area (Å²) in [5, 5.41) is 4.42. The quantitative estimate of drug-likeness (QED) is 0.255. The molecular formula is C31H30N4O6. The van der Waals surface area contributed by atoms with Crippen LogP contribution in [0.4, 0.5) is 0 Å². The molecule has 10 heteroatoms. The number of aromatic amines is 2. The van der Waals surface area contributed by atoms with Gasteiger partial charge in [0.05, 0.1) is 38.1 Å². The Morgan fingerprint density at radius 3 is 1.90 bits per heavy atom. The van der Waals surface area contributed by atoms with Gasteiger partial charge in [-0.2, -0.15) is 5.10 Å². The van der Waals surface area contributed by atoms with Crippen LogP contribution in [0.2, 0.25) is 0 Å². The van der Waals surface area contributed by atoms with Crippen molar-refractivity contribution in [3.05, 3.63) is 135 Å². The first kappa shape index (κ1) is 26.9. The molecule has 0 aliphatic carbocycles. The molecule has 0 saturated carbocycles. The maximum atomic E-state index is 12.8. The van der Waals surface area contributed by atoms with E-state index >= 15 is 0 Å². The van der Waals surface area contributed by atoms with Crippen molar-refractivity contribution in [2.24, 2.45) is 0 Å². The van der Waals surface area contributed by atoms with Crippen LogP contribution in [0.15, 0.2) is 107 Å². The summed E-state index contributed by atoms with van der Waals surface area (Å²) in [7, 11) is 0. The Labute approximate surface area is 235 Å². The van der Waals surface area contributed by atoms with Crippen molar-refractivity contribution in [3.8, 4) is 0 Å². The molecule has 4 atom stereocenters. The minimum Gasteiger partial charge on any atom is -0.374 e. The summed E-state index contributed by atoms with van der Waals surface area (Å²) in [6, 6.07) is 29.5. The molecule has 2 N–H and O–H groups in total. The van der Waals surface area contributed by atoms with Gasteiger partial charge < -0.3 is 23.9 Å². The summed E-state index contributed by atoms with van der Waals surface area (Å²) in [4.78, 5) is 29.6. The molecule has 41 heavy (non-hydrogen) atoms. The van der Waals surface area contributed by atoms with Gasteiger partial charge in [-0.25, -0.2) is 9.48 Å². The molecule has 3 aromatic carbocycles. The molecule has 0 bridgehead atoms. The Bertz CT molecular complexity index is 1670. The summed E-state index contributed by atoms with van der Waals surface area (Å²) in [5.74, 6) is 0. The molecule has 0 amide bonds. The highest BCUT2D eigenvalue weighted by Gasteiger charge is 2.48. The van der Waals surface area contributed by atoms with Gasteiger partial charge in [-0.1, -0.05) is 91.0 Å². The summed E-state index contributed by atoms with van der Waals surface area (Å²) >= 11 is 0. The lowest BCUT2D eigenvalue weighted by Crippen LogP contribution is -2.38. The van der Waals surface area contributed by atoms with Crippen molar-refractivity contribution in [3.63, 3.8) is 0 Å². The van der Waals surface area contributed by atoms with Crippen molar-refractivity contribution in [1.82, 2.24) is 19.7 Å². The molecule has 0 radical (unpaired) electrons. The van der Waals surface area contributed by atoms with E-state index in [1.165, 1.54) is 10.9 Å². The van der Waals surface area contributed by atoms with E-state index in [0.29, 0.717) is 25.3 Å². The Hall–Kier alpha value is -4.35. The Balaban J connectivity index is 1.32. The van der Waals surface area contributed by atoms with Crippen LogP contribution in [0.5, 0.6) is 0 Å². The first-order valence-corrected chi connectivity index (χ1v) is 13.4. The monoisotopic (exact) mass is 554 g/mol. The number of nitrogens with zero attached hydrogens (tertiary/aromatic N) is 2. The number of nitrogens with one attached hydrogen (secondary N) is 2. The summed E-state index contributed by atoms with van der Waals surface area (Å²) < 4.78 is 27.0. The molecule has 1 unspecified atom stereocenters. The van der Waals surface area contributed by atoms with E-state index in [-0.39, 0.29) is 12.1 Å². The molecule has 0 spiro atoms. The topological polar surface area (TPSA) is 120 Å². The summed E-state index contributed by atoms with van der Waals surface area (Å²) in [6.45, 7) is 1.25. The highest BCUT2D eigenvalue weighted by atomic mass is 16.6. The lowest BCUT2D eigenvalue weighted by Gasteiger charge is -2.25. The fraction of sp³-hybridized carbons (Fsp3) is 0.258. The van der Waals surface area contributed by atoms with E-state index in [9.17, 15) is 9.59 Å². The molecule has 210 valence electrons. The van der Waals surface area contributed by atoms with Gasteiger partial charge >= 0.3 is 5.69 Å². The second-order valence-electron chi connectivity index (χ2n) is 9.85. The van der Waals surface area contributed by atoms with Crippen LogP contribution in [-0.2, 0) is 38.8 Å². The van der Waals surface area contributed by atoms with Gasteiger partial charge in [0.25, 0.3) is 5.56 Å². The van der Waals surface area contributed by atoms with Gasteiger partial charge in [0, 0.05) is 0 Å². The number of hydrogen-bond acceptors (Lipinski definition) is 7. The van der Waals surface area contributed by atoms with Crippen LogP contribution in [-0.4, -0.2) is 44.7 Å². The average molecular weight is 555 g/mol. The van der Waals surface area contributed by atoms with E-state index in [1.54, 1.807) is 0 Å². The Morgan fingerprint density at radius 2 is 1.29 bits per heavy atom. The number of fused-ring (bicyclic) bond motifs is 1. The number of hydrogen-bond donors (Lipinski definition) is 2. The minimum absolute atomic E-state index is 0.176. The van der Waals surface area contributed by atoms with Crippen LogP contribution >= 0.6 is 0 Å². The molecule has 1 aliphatic heterocycles. The predicted octanol–water partition coefficient (Wildman–Crippen LogP) is 3.70. The number of benzene rings is 3. The summed E-state index contributed by atoms with van der Waals surface area (Å²) in [5.41, 5.74) is 2.31. The van der Waals surface area contributed by atoms with Gasteiger partial charge in [-0.15, -0.1) is 0 Å². The van der Waals surface area contributed by atoms with E-state index in [4.69, 9.17) is 18.9 Å². The number of rotatable bonds is 11. The maximum absolute atomic E-state index is 12.8. The van der Waals surface area contributed by atoms with E-state index in [1.807, 2.05) is 91.0 Å². The Kier molecular flexibility index (Phi) is 8.15. The first-order valence-electron chi connectivity index (χ1n) is 13.4. The van der Waals surface area contributed by atoms with Crippen LogP contribution in [0.1, 0.15) is 22.9 Å². The number of H-pyrrole nitrogens is 2. The van der Waals surface area contributed by atoms with E-state index in [0.717, 1.165) is 16.7 Å². The third-order valence-electron chi connectivity index (χ3n) is 6.98. The molecule has 5 aromatic rings. The largest absolute Gasteiger partial charge is 0.374 e. The van der Waals surface area contributed by atoms with Crippen molar-refractivity contribution < 1.29 is 18.9 Å². The lowest BCUT2D eigenvalue weighted by atomic mass is 10.1.